The number of ether oxygens (including phenoxy) is 1. The molecule has 0 spiro atoms. The summed E-state index contributed by atoms with van der Waals surface area (Å²) < 4.78 is 4.82. The van der Waals surface area contributed by atoms with Crippen molar-refractivity contribution >= 4 is 11.9 Å². The molecule has 0 fully saturated rings. The smallest absolute Gasteiger partial charge is 0.339 e. The second-order valence-electron chi connectivity index (χ2n) is 3.13. The van der Waals surface area contributed by atoms with E-state index in [9.17, 15) is 9.59 Å². The number of rotatable bonds is 3. The minimum atomic E-state index is -0.494. The SMILES string of the molecule is CCOC(=O)c1cncc(C#CCC(N)=O)c1. The molecule has 0 aromatic carbocycles. The molecule has 0 bridgehead atoms. The Kier molecular flexibility index (Phi) is 4.70. The summed E-state index contributed by atoms with van der Waals surface area (Å²) in [5.74, 6) is 4.34. The monoisotopic (exact) mass is 232 g/mol. The number of carbonyl (C=O) groups excluding carboxylic acids is 2. The fourth-order valence-electron chi connectivity index (χ4n) is 1.07. The van der Waals surface area contributed by atoms with Gasteiger partial charge in [0.15, 0.2) is 0 Å². The normalized spacial score (nSPS) is 9.00. The van der Waals surface area contributed by atoms with E-state index in [0.717, 1.165) is 0 Å². The van der Waals surface area contributed by atoms with Gasteiger partial charge in [-0.15, -0.1) is 0 Å². The maximum Gasteiger partial charge on any atom is 0.339 e. The molecule has 5 heteroatoms. The van der Waals surface area contributed by atoms with Crippen molar-refractivity contribution in [2.75, 3.05) is 6.61 Å². The number of amides is 1. The second-order valence-corrected chi connectivity index (χ2v) is 3.13. The summed E-state index contributed by atoms with van der Waals surface area (Å²) in [5.41, 5.74) is 5.81. The van der Waals surface area contributed by atoms with Crippen LogP contribution in [-0.2, 0) is 9.53 Å². The van der Waals surface area contributed by atoms with Gasteiger partial charge in [0, 0.05) is 18.0 Å². The first-order chi connectivity index (χ1) is 8.13. The summed E-state index contributed by atoms with van der Waals surface area (Å²) in [6, 6.07) is 1.55. The lowest BCUT2D eigenvalue weighted by Crippen LogP contribution is -2.08. The van der Waals surface area contributed by atoms with Crippen molar-refractivity contribution in [3.63, 3.8) is 0 Å². The van der Waals surface area contributed by atoms with Crippen molar-refractivity contribution in [2.24, 2.45) is 5.73 Å². The van der Waals surface area contributed by atoms with E-state index in [1.165, 1.54) is 12.4 Å². The van der Waals surface area contributed by atoms with Crippen LogP contribution in [0.4, 0.5) is 0 Å². The van der Waals surface area contributed by atoms with Crippen LogP contribution in [0.15, 0.2) is 18.5 Å². The Morgan fingerprint density at radius 1 is 1.47 bits per heavy atom. The molecular weight excluding hydrogens is 220 g/mol. The lowest BCUT2D eigenvalue weighted by Gasteiger charge is -2.00. The molecule has 0 aliphatic heterocycles. The maximum absolute atomic E-state index is 11.4. The number of hydrogen-bond acceptors (Lipinski definition) is 4. The summed E-state index contributed by atoms with van der Waals surface area (Å²) in [7, 11) is 0. The van der Waals surface area contributed by atoms with Crippen LogP contribution in [0.3, 0.4) is 0 Å². The molecule has 2 N–H and O–H groups in total. The molecule has 1 aromatic heterocycles. The zero-order valence-electron chi connectivity index (χ0n) is 9.40. The van der Waals surface area contributed by atoms with Crippen LogP contribution in [0.1, 0.15) is 29.3 Å². The van der Waals surface area contributed by atoms with Gasteiger partial charge in [-0.2, -0.15) is 0 Å². The van der Waals surface area contributed by atoms with Crippen LogP contribution in [0, 0.1) is 11.8 Å². The molecule has 17 heavy (non-hydrogen) atoms. The molecule has 1 amide bonds. The van der Waals surface area contributed by atoms with Gasteiger partial charge in [-0.25, -0.2) is 4.79 Å². The zero-order chi connectivity index (χ0) is 12.7. The van der Waals surface area contributed by atoms with Crippen LogP contribution in [0.25, 0.3) is 0 Å². The number of nitrogens with two attached hydrogens (primary N) is 1. The fraction of sp³-hybridized carbons (Fsp3) is 0.250. The van der Waals surface area contributed by atoms with Crippen molar-refractivity contribution in [3.05, 3.63) is 29.6 Å². The Morgan fingerprint density at radius 3 is 2.88 bits per heavy atom. The first-order valence-corrected chi connectivity index (χ1v) is 5.03. The van der Waals surface area contributed by atoms with E-state index in [1.807, 2.05) is 0 Å². The fourth-order valence-corrected chi connectivity index (χ4v) is 1.07. The van der Waals surface area contributed by atoms with E-state index in [4.69, 9.17) is 10.5 Å². The van der Waals surface area contributed by atoms with Crippen LogP contribution in [0.2, 0.25) is 0 Å². The van der Waals surface area contributed by atoms with E-state index < -0.39 is 11.9 Å². The van der Waals surface area contributed by atoms with Crippen molar-refractivity contribution in [3.8, 4) is 11.8 Å². The highest BCUT2D eigenvalue weighted by Crippen LogP contribution is 2.03. The molecule has 0 saturated carbocycles. The number of esters is 1. The van der Waals surface area contributed by atoms with Crippen LogP contribution in [-0.4, -0.2) is 23.5 Å². The van der Waals surface area contributed by atoms with Crippen molar-refractivity contribution in [2.45, 2.75) is 13.3 Å². The Hall–Kier alpha value is -2.35. The third kappa shape index (κ3) is 4.34. The predicted molar refractivity (Wildman–Crippen MR) is 60.9 cm³/mol. The maximum atomic E-state index is 11.4. The molecule has 0 atom stereocenters. The zero-order valence-corrected chi connectivity index (χ0v) is 9.40. The molecule has 1 heterocycles. The molecule has 0 aliphatic rings. The lowest BCUT2D eigenvalue weighted by atomic mass is 10.2. The topological polar surface area (TPSA) is 82.3 Å². The molecule has 0 radical (unpaired) electrons. The molecule has 0 unspecified atom stereocenters. The van der Waals surface area contributed by atoms with Gasteiger partial charge in [-0.05, 0) is 13.0 Å². The molecule has 0 saturated heterocycles. The van der Waals surface area contributed by atoms with Crippen molar-refractivity contribution in [1.82, 2.24) is 4.98 Å². The number of carbonyl (C=O) groups is 2. The van der Waals surface area contributed by atoms with E-state index in [1.54, 1.807) is 13.0 Å². The van der Waals surface area contributed by atoms with Gasteiger partial charge in [0.2, 0.25) is 5.91 Å². The van der Waals surface area contributed by atoms with Gasteiger partial charge < -0.3 is 10.5 Å². The number of nitrogens with zero attached hydrogens (tertiary/aromatic N) is 1. The summed E-state index contributed by atoms with van der Waals surface area (Å²) in [6.45, 7) is 2.03. The number of pyridine rings is 1. The van der Waals surface area contributed by atoms with E-state index in [0.29, 0.717) is 17.7 Å². The minimum absolute atomic E-state index is 0.0242. The average molecular weight is 232 g/mol. The minimum Gasteiger partial charge on any atom is -0.462 e. The summed E-state index contributed by atoms with van der Waals surface area (Å²) in [5, 5.41) is 0. The second kappa shape index (κ2) is 6.28. The number of hydrogen-bond donors (Lipinski definition) is 1. The van der Waals surface area contributed by atoms with E-state index in [2.05, 4.69) is 16.8 Å². The highest BCUT2D eigenvalue weighted by molar-refractivity contribution is 5.89. The van der Waals surface area contributed by atoms with Gasteiger partial charge in [0.1, 0.15) is 0 Å². The number of aromatic nitrogens is 1. The van der Waals surface area contributed by atoms with Crippen molar-refractivity contribution < 1.29 is 14.3 Å². The molecular formula is C12H12N2O3. The first-order valence-electron chi connectivity index (χ1n) is 5.03. The van der Waals surface area contributed by atoms with Gasteiger partial charge in [0.05, 0.1) is 18.6 Å². The summed E-state index contributed by atoms with van der Waals surface area (Å²) >= 11 is 0. The third-order valence-electron chi connectivity index (χ3n) is 1.74. The lowest BCUT2D eigenvalue weighted by molar-refractivity contribution is -0.117. The van der Waals surface area contributed by atoms with E-state index >= 15 is 0 Å². The van der Waals surface area contributed by atoms with Crippen LogP contribution >= 0.6 is 0 Å². The number of primary amides is 1. The van der Waals surface area contributed by atoms with Crippen LogP contribution in [0.5, 0.6) is 0 Å². The average Bonchev–Trinajstić information content (AvgIpc) is 2.29. The quantitative estimate of drug-likeness (QED) is 0.607. The Bertz CT molecular complexity index is 486. The van der Waals surface area contributed by atoms with Gasteiger partial charge in [-0.3, -0.25) is 9.78 Å². The predicted octanol–water partition coefficient (Wildman–Crippen LogP) is 0.485. The molecule has 0 aliphatic carbocycles. The van der Waals surface area contributed by atoms with Gasteiger partial charge in [-0.1, -0.05) is 11.8 Å². The highest BCUT2D eigenvalue weighted by atomic mass is 16.5. The molecule has 5 nitrogen and oxygen atoms in total. The largest absolute Gasteiger partial charge is 0.462 e. The standard InChI is InChI=1S/C12H12N2O3/c1-2-17-12(16)10-6-9(7-14-8-10)4-3-5-11(13)15/h6-8H,2,5H2,1H3,(H2,13,15). The van der Waals surface area contributed by atoms with Gasteiger partial charge in [0.25, 0.3) is 0 Å². The summed E-state index contributed by atoms with van der Waals surface area (Å²) in [6.07, 6.45) is 2.87. The Labute approximate surface area is 99.0 Å². The molecule has 1 rings (SSSR count). The Balaban J connectivity index is 2.81. The summed E-state index contributed by atoms with van der Waals surface area (Å²) in [4.78, 5) is 25.7. The third-order valence-corrected chi connectivity index (χ3v) is 1.74. The molecule has 1 aromatic rings. The molecule has 88 valence electrons. The highest BCUT2D eigenvalue weighted by Gasteiger charge is 2.06. The Morgan fingerprint density at radius 2 is 2.24 bits per heavy atom. The first kappa shape index (κ1) is 12.7. The van der Waals surface area contributed by atoms with Gasteiger partial charge >= 0.3 is 5.97 Å². The van der Waals surface area contributed by atoms with E-state index in [-0.39, 0.29) is 6.42 Å². The van der Waals surface area contributed by atoms with Crippen molar-refractivity contribution in [1.29, 1.82) is 0 Å². The van der Waals surface area contributed by atoms with Crippen LogP contribution < -0.4 is 5.73 Å².